The Morgan fingerprint density at radius 1 is 1.47 bits per heavy atom. The summed E-state index contributed by atoms with van der Waals surface area (Å²) in [7, 11) is 1.96. The Morgan fingerprint density at radius 2 is 2.35 bits per heavy atom. The Hall–Kier alpha value is -1.13. The topological polar surface area (TPSA) is 29.9 Å². The molecule has 2 aromatic heterocycles. The Labute approximate surface area is 106 Å². The molecule has 3 nitrogen and oxygen atoms in total. The highest BCUT2D eigenvalue weighted by Gasteiger charge is 2.13. The SMILES string of the molecule is CCCNC(Cc1ccn(C)n1)c1ccsc1. The first-order valence-corrected chi connectivity index (χ1v) is 6.98. The molecule has 1 N–H and O–H groups in total. The number of hydrogen-bond acceptors (Lipinski definition) is 3. The van der Waals surface area contributed by atoms with E-state index in [-0.39, 0.29) is 0 Å². The first-order valence-electron chi connectivity index (χ1n) is 6.03. The normalized spacial score (nSPS) is 12.8. The molecule has 0 aliphatic carbocycles. The molecule has 17 heavy (non-hydrogen) atoms. The van der Waals surface area contributed by atoms with Crippen molar-refractivity contribution >= 4 is 11.3 Å². The highest BCUT2D eigenvalue weighted by molar-refractivity contribution is 7.07. The quantitative estimate of drug-likeness (QED) is 0.853. The highest BCUT2D eigenvalue weighted by atomic mass is 32.1. The molecule has 2 aromatic rings. The van der Waals surface area contributed by atoms with Crippen LogP contribution in [0.5, 0.6) is 0 Å². The maximum absolute atomic E-state index is 4.45. The van der Waals surface area contributed by atoms with Gasteiger partial charge in [-0.1, -0.05) is 6.92 Å². The maximum Gasteiger partial charge on any atom is 0.0643 e. The fraction of sp³-hybridized carbons (Fsp3) is 0.462. The second-order valence-corrected chi connectivity index (χ2v) is 5.03. The Balaban J connectivity index is 2.05. The number of aromatic nitrogens is 2. The number of thiophene rings is 1. The third kappa shape index (κ3) is 3.41. The van der Waals surface area contributed by atoms with Crippen molar-refractivity contribution in [3.63, 3.8) is 0 Å². The molecule has 0 radical (unpaired) electrons. The maximum atomic E-state index is 4.45. The molecule has 4 heteroatoms. The van der Waals surface area contributed by atoms with Crippen LogP contribution in [0.25, 0.3) is 0 Å². The zero-order valence-corrected chi connectivity index (χ0v) is 11.2. The molecule has 0 amide bonds. The Bertz CT molecular complexity index is 433. The molecule has 2 heterocycles. The smallest absolute Gasteiger partial charge is 0.0643 e. The van der Waals surface area contributed by atoms with Gasteiger partial charge >= 0.3 is 0 Å². The highest BCUT2D eigenvalue weighted by Crippen LogP contribution is 2.20. The monoisotopic (exact) mass is 249 g/mol. The summed E-state index contributed by atoms with van der Waals surface area (Å²) in [4.78, 5) is 0. The Kier molecular flexibility index (Phi) is 4.34. The molecule has 0 bridgehead atoms. The lowest BCUT2D eigenvalue weighted by molar-refractivity contribution is 0.522. The van der Waals surface area contributed by atoms with E-state index >= 15 is 0 Å². The van der Waals surface area contributed by atoms with Gasteiger partial charge in [0.05, 0.1) is 5.69 Å². The molecule has 0 aliphatic rings. The number of hydrogen-bond donors (Lipinski definition) is 1. The predicted molar refractivity (Wildman–Crippen MR) is 72.3 cm³/mol. The summed E-state index contributed by atoms with van der Waals surface area (Å²) in [5.74, 6) is 0. The first-order chi connectivity index (χ1) is 8.29. The lowest BCUT2D eigenvalue weighted by atomic mass is 10.1. The van der Waals surface area contributed by atoms with Crippen molar-refractivity contribution in [3.05, 3.63) is 40.3 Å². The summed E-state index contributed by atoms with van der Waals surface area (Å²) in [6.07, 6.45) is 4.11. The van der Waals surface area contributed by atoms with Crippen LogP contribution in [-0.4, -0.2) is 16.3 Å². The van der Waals surface area contributed by atoms with Gasteiger partial charge in [-0.3, -0.25) is 4.68 Å². The second kappa shape index (κ2) is 5.98. The minimum absolute atomic E-state index is 0.385. The molecule has 0 saturated carbocycles. The summed E-state index contributed by atoms with van der Waals surface area (Å²) in [5, 5.41) is 12.4. The van der Waals surface area contributed by atoms with Gasteiger partial charge in [0.1, 0.15) is 0 Å². The number of nitrogens with zero attached hydrogens (tertiary/aromatic N) is 2. The lowest BCUT2D eigenvalue weighted by Crippen LogP contribution is -2.23. The van der Waals surface area contributed by atoms with Gasteiger partial charge in [0.25, 0.3) is 0 Å². The molecule has 0 fully saturated rings. The average molecular weight is 249 g/mol. The largest absolute Gasteiger partial charge is 0.310 e. The van der Waals surface area contributed by atoms with E-state index in [1.807, 2.05) is 17.9 Å². The van der Waals surface area contributed by atoms with Gasteiger partial charge in [-0.2, -0.15) is 16.4 Å². The van der Waals surface area contributed by atoms with Gasteiger partial charge in [-0.05, 0) is 41.4 Å². The molecular formula is C13H19N3S. The molecule has 0 aliphatic heterocycles. The first kappa shape index (κ1) is 12.3. The standard InChI is InChI=1S/C13H19N3S/c1-3-6-14-13(11-5-8-17-10-11)9-12-4-7-16(2)15-12/h4-5,7-8,10,13-14H,3,6,9H2,1-2H3. The van der Waals surface area contributed by atoms with Crippen LogP contribution in [0, 0.1) is 0 Å². The van der Waals surface area contributed by atoms with Gasteiger partial charge in [0.15, 0.2) is 0 Å². The van der Waals surface area contributed by atoms with E-state index in [1.54, 1.807) is 11.3 Å². The van der Waals surface area contributed by atoms with E-state index in [0.717, 1.165) is 25.1 Å². The fourth-order valence-electron chi connectivity index (χ4n) is 1.88. The molecule has 1 atom stereocenters. The van der Waals surface area contributed by atoms with Crippen molar-refractivity contribution in [1.29, 1.82) is 0 Å². The lowest BCUT2D eigenvalue weighted by Gasteiger charge is -2.16. The van der Waals surface area contributed by atoms with Crippen LogP contribution in [0.1, 0.15) is 30.6 Å². The van der Waals surface area contributed by atoms with E-state index in [1.165, 1.54) is 5.56 Å². The van der Waals surface area contributed by atoms with Crippen LogP contribution >= 0.6 is 11.3 Å². The van der Waals surface area contributed by atoms with Gasteiger partial charge in [-0.15, -0.1) is 0 Å². The summed E-state index contributed by atoms with van der Waals surface area (Å²) in [6, 6.07) is 4.67. The summed E-state index contributed by atoms with van der Waals surface area (Å²) >= 11 is 1.75. The van der Waals surface area contributed by atoms with Crippen LogP contribution in [0.15, 0.2) is 29.1 Å². The molecule has 92 valence electrons. The third-order valence-electron chi connectivity index (χ3n) is 2.77. The molecule has 0 aromatic carbocycles. The molecule has 0 spiro atoms. The zero-order valence-electron chi connectivity index (χ0n) is 10.4. The van der Waals surface area contributed by atoms with Crippen molar-refractivity contribution in [3.8, 4) is 0 Å². The summed E-state index contributed by atoms with van der Waals surface area (Å²) in [6.45, 7) is 3.24. The van der Waals surface area contributed by atoms with Crippen LogP contribution < -0.4 is 5.32 Å². The van der Waals surface area contributed by atoms with Crippen molar-refractivity contribution in [2.45, 2.75) is 25.8 Å². The molecule has 0 saturated heterocycles. The van der Waals surface area contributed by atoms with Crippen molar-refractivity contribution in [1.82, 2.24) is 15.1 Å². The van der Waals surface area contributed by atoms with E-state index in [0.29, 0.717) is 6.04 Å². The third-order valence-corrected chi connectivity index (χ3v) is 3.47. The molecular weight excluding hydrogens is 230 g/mol. The van der Waals surface area contributed by atoms with E-state index in [2.05, 4.69) is 40.2 Å². The van der Waals surface area contributed by atoms with Crippen LogP contribution in [0.4, 0.5) is 0 Å². The van der Waals surface area contributed by atoms with E-state index in [4.69, 9.17) is 0 Å². The number of nitrogens with one attached hydrogen (secondary N) is 1. The molecule has 2 rings (SSSR count). The van der Waals surface area contributed by atoms with Gasteiger partial charge < -0.3 is 5.32 Å². The van der Waals surface area contributed by atoms with Crippen LogP contribution in [-0.2, 0) is 13.5 Å². The van der Waals surface area contributed by atoms with Gasteiger partial charge in [-0.25, -0.2) is 0 Å². The van der Waals surface area contributed by atoms with E-state index in [9.17, 15) is 0 Å². The summed E-state index contributed by atoms with van der Waals surface area (Å²) < 4.78 is 1.86. The van der Waals surface area contributed by atoms with Gasteiger partial charge in [0.2, 0.25) is 0 Å². The fourth-order valence-corrected chi connectivity index (χ4v) is 2.60. The van der Waals surface area contributed by atoms with Crippen molar-refractivity contribution < 1.29 is 0 Å². The predicted octanol–water partition coefficient (Wildman–Crippen LogP) is 2.77. The minimum Gasteiger partial charge on any atom is -0.310 e. The van der Waals surface area contributed by atoms with Crippen LogP contribution in [0.3, 0.4) is 0 Å². The average Bonchev–Trinajstić information content (AvgIpc) is 2.95. The van der Waals surface area contributed by atoms with Crippen molar-refractivity contribution in [2.24, 2.45) is 7.05 Å². The second-order valence-electron chi connectivity index (χ2n) is 4.25. The Morgan fingerprint density at radius 3 is 2.94 bits per heavy atom. The van der Waals surface area contributed by atoms with E-state index < -0.39 is 0 Å². The van der Waals surface area contributed by atoms with Crippen LogP contribution in [0.2, 0.25) is 0 Å². The number of rotatable bonds is 6. The summed E-state index contributed by atoms with van der Waals surface area (Å²) in [5.41, 5.74) is 2.52. The molecule has 1 unspecified atom stereocenters. The minimum atomic E-state index is 0.385. The van der Waals surface area contributed by atoms with Crippen molar-refractivity contribution in [2.75, 3.05) is 6.54 Å². The number of aryl methyl sites for hydroxylation is 1. The zero-order chi connectivity index (χ0) is 12.1. The van der Waals surface area contributed by atoms with Gasteiger partial charge in [0, 0.05) is 25.7 Å².